The summed E-state index contributed by atoms with van der Waals surface area (Å²) < 4.78 is 15.0. The fourth-order valence-corrected chi connectivity index (χ4v) is 1.42. The van der Waals surface area contributed by atoms with Gasteiger partial charge >= 0.3 is 17.2 Å². The standard InChI is InChI=1S/C12H20O6S2/c1-3-9(13)16-6-12(4-2,8-18-11(15)20)7-17-10(14)5-19/h19H,3-8H2,1-2H3,(H,15,20). The molecule has 1 unspecified atom stereocenters. The summed E-state index contributed by atoms with van der Waals surface area (Å²) >= 11 is 7.32. The molecule has 6 nitrogen and oxygen atoms in total. The van der Waals surface area contributed by atoms with Gasteiger partial charge in [0.05, 0.1) is 11.2 Å². The van der Waals surface area contributed by atoms with Crippen molar-refractivity contribution in [3.8, 4) is 0 Å². The lowest BCUT2D eigenvalue weighted by molar-refractivity contribution is -0.154. The Morgan fingerprint density at radius 1 is 0.950 bits per heavy atom. The minimum Gasteiger partial charge on any atom is -0.465 e. The molecular weight excluding hydrogens is 304 g/mol. The number of esters is 2. The highest BCUT2D eigenvalue weighted by Gasteiger charge is 2.33. The molecule has 0 rings (SSSR count). The van der Waals surface area contributed by atoms with E-state index in [4.69, 9.17) is 14.2 Å². The highest BCUT2D eigenvalue weighted by molar-refractivity contribution is 7.96. The molecule has 20 heavy (non-hydrogen) atoms. The lowest BCUT2D eigenvalue weighted by atomic mass is 9.88. The molecule has 116 valence electrons. The van der Waals surface area contributed by atoms with Crippen LogP contribution >= 0.6 is 25.3 Å². The van der Waals surface area contributed by atoms with Crippen LogP contribution in [-0.4, -0.2) is 42.8 Å². The Balaban J connectivity index is 4.71. The number of hydrogen-bond acceptors (Lipinski definition) is 7. The Labute approximate surface area is 129 Å². The first-order chi connectivity index (χ1) is 9.39. The van der Waals surface area contributed by atoms with E-state index in [1.807, 2.05) is 6.92 Å². The van der Waals surface area contributed by atoms with Gasteiger partial charge in [0, 0.05) is 6.42 Å². The van der Waals surface area contributed by atoms with Crippen molar-refractivity contribution in [1.82, 2.24) is 0 Å². The van der Waals surface area contributed by atoms with Crippen LogP contribution in [0.2, 0.25) is 0 Å². The minimum atomic E-state index is -0.776. The van der Waals surface area contributed by atoms with Crippen LogP contribution in [0.5, 0.6) is 0 Å². The highest BCUT2D eigenvalue weighted by Crippen LogP contribution is 2.25. The SMILES string of the molecule is CCC(=O)OCC(CC)(COC(=O)S)COC(=O)CS. The zero-order valence-corrected chi connectivity index (χ0v) is 13.4. The fourth-order valence-electron chi connectivity index (χ4n) is 1.26. The minimum absolute atomic E-state index is 0.00289. The summed E-state index contributed by atoms with van der Waals surface area (Å²) in [5.74, 6) is -0.924. The average Bonchev–Trinajstić information content (AvgIpc) is 2.46. The molecule has 0 aromatic heterocycles. The topological polar surface area (TPSA) is 78.9 Å². The summed E-state index contributed by atoms with van der Waals surface area (Å²) in [4.78, 5) is 33.2. The largest absolute Gasteiger partial charge is 0.465 e. The van der Waals surface area contributed by atoms with E-state index in [1.165, 1.54) is 0 Å². The van der Waals surface area contributed by atoms with Crippen LogP contribution in [0.4, 0.5) is 4.79 Å². The predicted octanol–water partition coefficient (Wildman–Crippen LogP) is 1.88. The summed E-state index contributed by atoms with van der Waals surface area (Å²) in [6.45, 7) is 3.41. The third kappa shape index (κ3) is 7.64. The van der Waals surface area contributed by atoms with E-state index in [1.54, 1.807) is 6.92 Å². The molecule has 0 saturated heterocycles. The van der Waals surface area contributed by atoms with Crippen LogP contribution in [-0.2, 0) is 23.8 Å². The van der Waals surface area contributed by atoms with Gasteiger partial charge in [0.15, 0.2) is 0 Å². The molecule has 0 bridgehead atoms. The molecule has 0 amide bonds. The summed E-state index contributed by atoms with van der Waals surface area (Å²) in [6.07, 6.45) is 0.730. The molecule has 0 aliphatic heterocycles. The van der Waals surface area contributed by atoms with Crippen molar-refractivity contribution >= 4 is 42.5 Å². The van der Waals surface area contributed by atoms with E-state index < -0.39 is 16.7 Å². The van der Waals surface area contributed by atoms with Gasteiger partial charge in [-0.15, -0.1) is 0 Å². The first-order valence-corrected chi connectivity index (χ1v) is 7.25. The van der Waals surface area contributed by atoms with Crippen molar-refractivity contribution in [2.24, 2.45) is 5.41 Å². The maximum absolute atomic E-state index is 11.2. The molecule has 0 radical (unpaired) electrons. The van der Waals surface area contributed by atoms with Gasteiger partial charge in [-0.3, -0.25) is 9.59 Å². The fraction of sp³-hybridized carbons (Fsp3) is 0.750. The third-order valence-corrected chi connectivity index (χ3v) is 3.14. The van der Waals surface area contributed by atoms with Crippen LogP contribution in [0.1, 0.15) is 26.7 Å². The van der Waals surface area contributed by atoms with E-state index in [-0.39, 0.29) is 38.0 Å². The van der Waals surface area contributed by atoms with Crippen molar-refractivity contribution in [3.05, 3.63) is 0 Å². The second kappa shape index (κ2) is 9.93. The van der Waals surface area contributed by atoms with Crippen LogP contribution in [0, 0.1) is 5.41 Å². The number of carbonyl (C=O) groups excluding carboxylic acids is 3. The zero-order chi connectivity index (χ0) is 15.6. The second-order valence-corrected chi connectivity index (χ2v) is 4.92. The Hall–Kier alpha value is -0.890. The molecule has 0 aromatic carbocycles. The van der Waals surface area contributed by atoms with E-state index in [2.05, 4.69) is 25.3 Å². The molecule has 8 heteroatoms. The lowest BCUT2D eigenvalue weighted by Gasteiger charge is -2.30. The molecule has 0 heterocycles. The monoisotopic (exact) mass is 324 g/mol. The normalized spacial score (nSPS) is 13.2. The predicted molar refractivity (Wildman–Crippen MR) is 79.1 cm³/mol. The third-order valence-electron chi connectivity index (χ3n) is 2.75. The Kier molecular flexibility index (Phi) is 9.49. The molecule has 0 aliphatic rings. The number of carbonyl (C=O) groups is 3. The molecule has 0 N–H and O–H groups in total. The first-order valence-electron chi connectivity index (χ1n) is 6.17. The Morgan fingerprint density at radius 3 is 1.85 bits per heavy atom. The van der Waals surface area contributed by atoms with Gasteiger partial charge < -0.3 is 14.2 Å². The van der Waals surface area contributed by atoms with Crippen molar-refractivity contribution in [2.45, 2.75) is 26.7 Å². The maximum Gasteiger partial charge on any atom is 0.364 e. The van der Waals surface area contributed by atoms with Crippen LogP contribution in [0.25, 0.3) is 0 Å². The molecule has 0 fully saturated rings. The molecule has 0 aromatic rings. The summed E-state index contributed by atoms with van der Waals surface area (Å²) in [6, 6.07) is 0. The summed E-state index contributed by atoms with van der Waals surface area (Å²) in [5, 5.41) is -0.745. The van der Waals surface area contributed by atoms with Crippen molar-refractivity contribution in [2.75, 3.05) is 25.6 Å². The summed E-state index contributed by atoms with van der Waals surface area (Å²) in [5.41, 5.74) is -0.776. The second-order valence-electron chi connectivity index (χ2n) is 4.24. The Morgan fingerprint density at radius 2 is 1.45 bits per heavy atom. The molecule has 1 atom stereocenters. The van der Waals surface area contributed by atoms with Gasteiger partial charge in [0.2, 0.25) is 0 Å². The number of hydrogen-bond donors (Lipinski definition) is 2. The van der Waals surface area contributed by atoms with Gasteiger partial charge in [-0.2, -0.15) is 12.6 Å². The maximum atomic E-state index is 11.2. The van der Waals surface area contributed by atoms with Crippen molar-refractivity contribution in [3.63, 3.8) is 0 Å². The van der Waals surface area contributed by atoms with Crippen molar-refractivity contribution < 1.29 is 28.6 Å². The van der Waals surface area contributed by atoms with E-state index >= 15 is 0 Å². The summed E-state index contributed by atoms with van der Waals surface area (Å²) in [7, 11) is 0. The molecular formula is C12H20O6S2. The number of rotatable bonds is 9. The number of ether oxygens (including phenoxy) is 3. The molecule has 0 saturated carbocycles. The van der Waals surface area contributed by atoms with Crippen LogP contribution in [0.3, 0.4) is 0 Å². The Bertz CT molecular complexity index is 325. The molecule has 0 aliphatic carbocycles. The van der Waals surface area contributed by atoms with Crippen molar-refractivity contribution in [1.29, 1.82) is 0 Å². The quantitative estimate of drug-likeness (QED) is 0.383. The van der Waals surface area contributed by atoms with E-state index in [9.17, 15) is 14.4 Å². The number of thiol groups is 2. The van der Waals surface area contributed by atoms with Gasteiger partial charge in [-0.05, 0) is 6.42 Å². The first kappa shape index (κ1) is 19.1. The van der Waals surface area contributed by atoms with E-state index in [0.717, 1.165) is 0 Å². The van der Waals surface area contributed by atoms with Gasteiger partial charge in [0.25, 0.3) is 0 Å². The highest BCUT2D eigenvalue weighted by atomic mass is 32.1. The van der Waals surface area contributed by atoms with Gasteiger partial charge in [0.1, 0.15) is 19.8 Å². The van der Waals surface area contributed by atoms with Gasteiger partial charge in [-0.1, -0.05) is 26.5 Å². The molecule has 0 spiro atoms. The average molecular weight is 324 g/mol. The van der Waals surface area contributed by atoms with Crippen LogP contribution < -0.4 is 0 Å². The zero-order valence-electron chi connectivity index (χ0n) is 11.6. The smallest absolute Gasteiger partial charge is 0.364 e. The van der Waals surface area contributed by atoms with E-state index in [0.29, 0.717) is 6.42 Å². The lowest BCUT2D eigenvalue weighted by Crippen LogP contribution is -2.38. The van der Waals surface area contributed by atoms with Crippen LogP contribution in [0.15, 0.2) is 0 Å². The van der Waals surface area contributed by atoms with Gasteiger partial charge in [-0.25, -0.2) is 4.79 Å².